The van der Waals surface area contributed by atoms with Crippen LogP contribution in [-0.2, 0) is 9.53 Å². The highest BCUT2D eigenvalue weighted by Gasteiger charge is 2.52. The zero-order valence-electron chi connectivity index (χ0n) is 22.5. The third-order valence-electron chi connectivity index (χ3n) is 7.42. The molecule has 0 radical (unpaired) electrons. The van der Waals surface area contributed by atoms with Gasteiger partial charge in [-0.2, -0.15) is 0 Å². The van der Waals surface area contributed by atoms with Crippen molar-refractivity contribution in [3.8, 4) is 0 Å². The SMILES string of the molecule is CCCCCCCCCCCCCC(C(C)C)C(C(=O)OCC(O)CO)(C(C)C)C(C)C. The van der Waals surface area contributed by atoms with Gasteiger partial charge in [0.2, 0.25) is 0 Å². The minimum Gasteiger partial charge on any atom is -0.462 e. The van der Waals surface area contributed by atoms with Crippen LogP contribution in [0.1, 0.15) is 126 Å². The number of unbranched alkanes of at least 4 members (excludes halogenated alkanes) is 10. The molecule has 2 atom stereocenters. The average Bonchev–Trinajstić information content (AvgIpc) is 2.73. The van der Waals surface area contributed by atoms with E-state index < -0.39 is 18.1 Å². The summed E-state index contributed by atoms with van der Waals surface area (Å²) in [6.07, 6.45) is 14.6. The van der Waals surface area contributed by atoms with Gasteiger partial charge in [0, 0.05) is 0 Å². The molecule has 0 spiro atoms. The number of aliphatic hydroxyl groups is 2. The lowest BCUT2D eigenvalue weighted by Crippen LogP contribution is -2.50. The molecule has 0 fully saturated rings. The van der Waals surface area contributed by atoms with Crippen LogP contribution in [0.3, 0.4) is 0 Å². The molecule has 0 aliphatic rings. The lowest BCUT2D eigenvalue weighted by atomic mass is 9.57. The standard InChI is InChI=1S/C28H56O4/c1-8-9-10-11-12-13-14-15-16-17-18-19-26(22(2)3)28(23(4)5,24(6)7)27(31)32-21-25(30)20-29/h22-26,29-30H,8-21H2,1-7H3. The summed E-state index contributed by atoms with van der Waals surface area (Å²) in [4.78, 5) is 13.4. The van der Waals surface area contributed by atoms with Crippen molar-refractivity contribution in [3.63, 3.8) is 0 Å². The van der Waals surface area contributed by atoms with Crippen LogP contribution < -0.4 is 0 Å². The molecule has 0 heterocycles. The van der Waals surface area contributed by atoms with Crippen LogP contribution in [0.15, 0.2) is 0 Å². The Labute approximate surface area is 199 Å². The van der Waals surface area contributed by atoms with E-state index in [1.165, 1.54) is 64.2 Å². The summed E-state index contributed by atoms with van der Waals surface area (Å²) in [6, 6.07) is 0. The van der Waals surface area contributed by atoms with Crippen molar-refractivity contribution in [3.05, 3.63) is 0 Å². The molecule has 0 rings (SSSR count). The summed E-state index contributed by atoms with van der Waals surface area (Å²) >= 11 is 0. The van der Waals surface area contributed by atoms with Crippen LogP contribution >= 0.6 is 0 Å². The molecule has 2 N–H and O–H groups in total. The second-order valence-electron chi connectivity index (χ2n) is 10.9. The molecule has 0 saturated heterocycles. The predicted octanol–water partition coefficient (Wildman–Crippen LogP) is 7.15. The number of hydrogen-bond acceptors (Lipinski definition) is 4. The molecular weight excluding hydrogens is 400 g/mol. The van der Waals surface area contributed by atoms with Gasteiger partial charge in [-0.25, -0.2) is 0 Å². The molecule has 0 aliphatic heterocycles. The van der Waals surface area contributed by atoms with Crippen molar-refractivity contribution in [2.75, 3.05) is 13.2 Å². The zero-order chi connectivity index (χ0) is 24.6. The van der Waals surface area contributed by atoms with Gasteiger partial charge in [-0.1, -0.05) is 119 Å². The Morgan fingerprint density at radius 3 is 1.59 bits per heavy atom. The molecule has 0 aliphatic carbocycles. The first kappa shape index (κ1) is 31.4. The van der Waals surface area contributed by atoms with Crippen LogP contribution in [0.5, 0.6) is 0 Å². The summed E-state index contributed by atoms with van der Waals surface area (Å²) in [7, 11) is 0. The topological polar surface area (TPSA) is 66.8 Å². The summed E-state index contributed by atoms with van der Waals surface area (Å²) in [5, 5.41) is 18.8. The lowest BCUT2D eigenvalue weighted by Gasteiger charge is -2.47. The molecule has 2 unspecified atom stereocenters. The van der Waals surface area contributed by atoms with Gasteiger partial charge >= 0.3 is 5.97 Å². The van der Waals surface area contributed by atoms with Crippen molar-refractivity contribution in [1.82, 2.24) is 0 Å². The molecular formula is C28H56O4. The van der Waals surface area contributed by atoms with Gasteiger partial charge in [-0.15, -0.1) is 0 Å². The normalized spacial score (nSPS) is 14.4. The van der Waals surface area contributed by atoms with E-state index in [2.05, 4.69) is 48.5 Å². The molecule has 0 aromatic rings. The summed E-state index contributed by atoms with van der Waals surface area (Å²) in [5.74, 6) is 0.678. The van der Waals surface area contributed by atoms with Crippen LogP contribution in [0, 0.1) is 29.1 Å². The van der Waals surface area contributed by atoms with E-state index in [4.69, 9.17) is 9.84 Å². The quantitative estimate of drug-likeness (QED) is 0.151. The van der Waals surface area contributed by atoms with E-state index in [9.17, 15) is 9.90 Å². The van der Waals surface area contributed by atoms with Crippen molar-refractivity contribution in [1.29, 1.82) is 0 Å². The smallest absolute Gasteiger partial charge is 0.312 e. The van der Waals surface area contributed by atoms with Crippen molar-refractivity contribution >= 4 is 5.97 Å². The fourth-order valence-electron chi connectivity index (χ4n) is 5.65. The lowest BCUT2D eigenvalue weighted by molar-refractivity contribution is -0.175. The monoisotopic (exact) mass is 456 g/mol. The van der Waals surface area contributed by atoms with E-state index in [0.717, 1.165) is 12.8 Å². The average molecular weight is 457 g/mol. The molecule has 0 aromatic carbocycles. The molecule has 0 bridgehead atoms. The molecule has 192 valence electrons. The van der Waals surface area contributed by atoms with Crippen LogP contribution in [-0.4, -0.2) is 35.5 Å². The molecule has 32 heavy (non-hydrogen) atoms. The predicted molar refractivity (Wildman–Crippen MR) is 136 cm³/mol. The van der Waals surface area contributed by atoms with Gasteiger partial charge in [0.15, 0.2) is 0 Å². The van der Waals surface area contributed by atoms with Gasteiger partial charge in [-0.05, 0) is 30.1 Å². The number of carbonyl (C=O) groups excluding carboxylic acids is 1. The van der Waals surface area contributed by atoms with E-state index in [1.807, 2.05) is 0 Å². The van der Waals surface area contributed by atoms with E-state index in [-0.39, 0.29) is 30.3 Å². The highest BCUT2D eigenvalue weighted by Crippen LogP contribution is 2.49. The van der Waals surface area contributed by atoms with Crippen LogP contribution in [0.2, 0.25) is 0 Å². The largest absolute Gasteiger partial charge is 0.462 e. The summed E-state index contributed by atoms with van der Waals surface area (Å²) in [5.41, 5.74) is -0.582. The first-order valence-corrected chi connectivity index (χ1v) is 13.6. The first-order valence-electron chi connectivity index (χ1n) is 13.6. The Bertz CT molecular complexity index is 450. The number of aliphatic hydroxyl groups excluding tert-OH is 2. The molecule has 4 heteroatoms. The fraction of sp³-hybridized carbons (Fsp3) is 0.964. The molecule has 0 aromatic heterocycles. The van der Waals surface area contributed by atoms with E-state index in [1.54, 1.807) is 0 Å². The first-order chi connectivity index (χ1) is 15.2. The van der Waals surface area contributed by atoms with Gasteiger partial charge in [0.05, 0.1) is 12.0 Å². The Morgan fingerprint density at radius 1 is 0.781 bits per heavy atom. The molecule has 0 amide bonds. The van der Waals surface area contributed by atoms with Crippen molar-refractivity contribution < 1.29 is 19.7 Å². The number of carbonyl (C=O) groups is 1. The highest BCUT2D eigenvalue weighted by molar-refractivity contribution is 5.78. The Hall–Kier alpha value is -0.610. The van der Waals surface area contributed by atoms with Gasteiger partial charge in [-0.3, -0.25) is 4.79 Å². The van der Waals surface area contributed by atoms with Crippen molar-refractivity contribution in [2.45, 2.75) is 132 Å². The van der Waals surface area contributed by atoms with E-state index >= 15 is 0 Å². The third kappa shape index (κ3) is 10.5. The van der Waals surface area contributed by atoms with Gasteiger partial charge < -0.3 is 14.9 Å². The Balaban J connectivity index is 4.81. The third-order valence-corrected chi connectivity index (χ3v) is 7.42. The highest BCUT2D eigenvalue weighted by atomic mass is 16.5. The van der Waals surface area contributed by atoms with Crippen LogP contribution in [0.25, 0.3) is 0 Å². The maximum absolute atomic E-state index is 13.4. The molecule has 0 saturated carbocycles. The minimum absolute atomic E-state index is 0.139. The maximum atomic E-state index is 13.4. The van der Waals surface area contributed by atoms with Crippen LogP contribution in [0.4, 0.5) is 0 Å². The molecule has 4 nitrogen and oxygen atoms in total. The number of ether oxygens (including phenoxy) is 1. The van der Waals surface area contributed by atoms with Gasteiger partial charge in [0.25, 0.3) is 0 Å². The minimum atomic E-state index is -1.01. The Kier molecular flexibility index (Phi) is 17.5. The zero-order valence-corrected chi connectivity index (χ0v) is 22.5. The fourth-order valence-corrected chi connectivity index (χ4v) is 5.65. The Morgan fingerprint density at radius 2 is 1.22 bits per heavy atom. The summed E-state index contributed by atoms with van der Waals surface area (Å²) < 4.78 is 5.57. The second kappa shape index (κ2) is 17.8. The van der Waals surface area contributed by atoms with Crippen molar-refractivity contribution in [2.24, 2.45) is 29.1 Å². The number of esters is 1. The van der Waals surface area contributed by atoms with Gasteiger partial charge in [0.1, 0.15) is 12.7 Å². The number of rotatable bonds is 20. The number of hydrogen-bond donors (Lipinski definition) is 2. The maximum Gasteiger partial charge on any atom is 0.312 e. The summed E-state index contributed by atoms with van der Waals surface area (Å²) in [6.45, 7) is 14.7. The van der Waals surface area contributed by atoms with E-state index in [0.29, 0.717) is 5.92 Å². The second-order valence-corrected chi connectivity index (χ2v) is 10.9.